The van der Waals surface area contributed by atoms with Gasteiger partial charge in [-0.05, 0) is 43.4 Å². The van der Waals surface area contributed by atoms with Crippen molar-refractivity contribution in [1.82, 2.24) is 10.0 Å². The molecule has 0 unspecified atom stereocenters. The second-order valence-corrected chi connectivity index (χ2v) is 7.66. The highest BCUT2D eigenvalue weighted by atomic mass is 35.5. The predicted octanol–water partition coefficient (Wildman–Crippen LogP) is 3.06. The predicted molar refractivity (Wildman–Crippen MR) is 86.0 cm³/mol. The van der Waals surface area contributed by atoms with E-state index in [2.05, 4.69) is 10.0 Å². The van der Waals surface area contributed by atoms with Gasteiger partial charge in [-0.15, -0.1) is 0 Å². The highest BCUT2D eigenvalue weighted by Gasteiger charge is 2.22. The van der Waals surface area contributed by atoms with Gasteiger partial charge in [0.15, 0.2) is 0 Å². The maximum Gasteiger partial charge on any atom is 0.240 e. The van der Waals surface area contributed by atoms with Gasteiger partial charge in [-0.25, -0.2) is 13.1 Å². The number of hydrogen-bond acceptors (Lipinski definition) is 3. The number of sulfonamides is 1. The van der Waals surface area contributed by atoms with Gasteiger partial charge in [-0.1, -0.05) is 31.5 Å². The van der Waals surface area contributed by atoms with Gasteiger partial charge in [0.05, 0.1) is 4.90 Å². The molecule has 21 heavy (non-hydrogen) atoms. The smallest absolute Gasteiger partial charge is 0.240 e. The van der Waals surface area contributed by atoms with E-state index in [1.54, 1.807) is 12.1 Å². The quantitative estimate of drug-likeness (QED) is 0.770. The van der Waals surface area contributed by atoms with E-state index < -0.39 is 10.0 Å². The molecule has 0 aromatic heterocycles. The first-order valence-electron chi connectivity index (χ1n) is 7.50. The molecule has 1 aromatic carbocycles. The summed E-state index contributed by atoms with van der Waals surface area (Å²) in [6.45, 7) is 4.62. The lowest BCUT2D eigenvalue weighted by Crippen LogP contribution is -2.33. The molecule has 1 aromatic rings. The van der Waals surface area contributed by atoms with Gasteiger partial charge in [-0.2, -0.15) is 0 Å². The number of benzene rings is 1. The third kappa shape index (κ3) is 4.68. The van der Waals surface area contributed by atoms with E-state index in [4.69, 9.17) is 11.6 Å². The molecule has 1 aliphatic carbocycles. The van der Waals surface area contributed by atoms with Crippen LogP contribution in [0.3, 0.4) is 0 Å². The van der Waals surface area contributed by atoms with Gasteiger partial charge in [-0.3, -0.25) is 0 Å². The fourth-order valence-corrected chi connectivity index (χ4v) is 3.86. The van der Waals surface area contributed by atoms with Crippen molar-refractivity contribution in [2.45, 2.75) is 63.1 Å². The van der Waals surface area contributed by atoms with Crippen LogP contribution in [-0.4, -0.2) is 20.5 Å². The van der Waals surface area contributed by atoms with Crippen molar-refractivity contribution in [3.05, 3.63) is 28.8 Å². The van der Waals surface area contributed by atoms with Crippen LogP contribution in [0.25, 0.3) is 0 Å². The van der Waals surface area contributed by atoms with Gasteiger partial charge in [0.2, 0.25) is 10.0 Å². The molecule has 2 N–H and O–H groups in total. The number of rotatable bonds is 8. The summed E-state index contributed by atoms with van der Waals surface area (Å²) in [5.74, 6) is 0. The topological polar surface area (TPSA) is 58.2 Å². The Morgan fingerprint density at radius 1 is 1.29 bits per heavy atom. The van der Waals surface area contributed by atoms with Crippen LogP contribution in [0.1, 0.15) is 45.1 Å². The van der Waals surface area contributed by atoms with Crippen molar-refractivity contribution in [2.24, 2.45) is 0 Å². The van der Waals surface area contributed by atoms with E-state index in [-0.39, 0.29) is 10.9 Å². The molecular formula is C15H23ClN2O2S. The second kappa shape index (κ2) is 7.09. The van der Waals surface area contributed by atoms with Crippen LogP contribution in [-0.2, 0) is 16.6 Å². The monoisotopic (exact) mass is 330 g/mol. The summed E-state index contributed by atoms with van der Waals surface area (Å²) in [5.41, 5.74) is 0.935. The van der Waals surface area contributed by atoms with Crippen LogP contribution in [0.15, 0.2) is 23.1 Å². The highest BCUT2D eigenvalue weighted by molar-refractivity contribution is 7.89. The zero-order valence-electron chi connectivity index (χ0n) is 12.5. The third-order valence-electron chi connectivity index (χ3n) is 3.80. The molecule has 0 spiro atoms. The normalized spacial score (nSPS) is 15.6. The Bertz CT molecular complexity index is 581. The average Bonchev–Trinajstić information content (AvgIpc) is 3.27. The molecule has 0 atom stereocenters. The highest BCUT2D eigenvalue weighted by Crippen LogP contribution is 2.24. The molecule has 0 radical (unpaired) electrons. The molecule has 1 fully saturated rings. The van der Waals surface area contributed by atoms with Crippen LogP contribution in [0.5, 0.6) is 0 Å². The first-order chi connectivity index (χ1) is 9.96. The largest absolute Gasteiger partial charge is 0.310 e. The number of nitrogens with one attached hydrogen (secondary N) is 2. The zero-order chi connectivity index (χ0) is 15.5. The molecule has 0 heterocycles. The minimum Gasteiger partial charge on any atom is -0.310 e. The fraction of sp³-hybridized carbons (Fsp3) is 0.600. The van der Waals surface area contributed by atoms with Crippen LogP contribution in [0.4, 0.5) is 0 Å². The summed E-state index contributed by atoms with van der Waals surface area (Å²) in [6, 6.07) is 5.52. The molecule has 1 aliphatic rings. The Hall–Kier alpha value is -0.620. The standard InChI is InChI=1S/C15H23ClN2O2S/c1-3-12(4-2)18-21(19,20)14-8-5-11(15(16)9-14)10-17-13-6-7-13/h5,8-9,12-13,17-18H,3-4,6-7,10H2,1-2H3. The molecule has 2 rings (SSSR count). The molecule has 0 amide bonds. The number of hydrogen-bond donors (Lipinski definition) is 2. The van der Waals surface area contributed by atoms with Crippen molar-refractivity contribution >= 4 is 21.6 Å². The Morgan fingerprint density at radius 2 is 1.95 bits per heavy atom. The summed E-state index contributed by atoms with van der Waals surface area (Å²) in [7, 11) is -3.50. The van der Waals surface area contributed by atoms with E-state index in [1.165, 1.54) is 18.9 Å². The van der Waals surface area contributed by atoms with Crippen molar-refractivity contribution in [3.8, 4) is 0 Å². The van der Waals surface area contributed by atoms with Gasteiger partial charge >= 0.3 is 0 Å². The van der Waals surface area contributed by atoms with Crippen LogP contribution in [0, 0.1) is 0 Å². The van der Waals surface area contributed by atoms with E-state index in [0.717, 1.165) is 18.4 Å². The first kappa shape index (κ1) is 16.7. The molecule has 6 heteroatoms. The van der Waals surface area contributed by atoms with Crippen molar-refractivity contribution < 1.29 is 8.42 Å². The van der Waals surface area contributed by atoms with Crippen LogP contribution in [0.2, 0.25) is 5.02 Å². The summed E-state index contributed by atoms with van der Waals surface area (Å²) in [5, 5.41) is 3.87. The zero-order valence-corrected chi connectivity index (χ0v) is 14.1. The Kier molecular flexibility index (Phi) is 5.66. The van der Waals surface area contributed by atoms with Gasteiger partial charge in [0, 0.05) is 23.7 Å². The van der Waals surface area contributed by atoms with Crippen LogP contribution < -0.4 is 10.0 Å². The lowest BCUT2D eigenvalue weighted by molar-refractivity contribution is 0.530. The molecular weight excluding hydrogens is 308 g/mol. The fourth-order valence-electron chi connectivity index (χ4n) is 2.12. The van der Waals surface area contributed by atoms with E-state index in [0.29, 0.717) is 17.6 Å². The number of halogens is 1. The van der Waals surface area contributed by atoms with Crippen molar-refractivity contribution in [2.75, 3.05) is 0 Å². The summed E-state index contributed by atoms with van der Waals surface area (Å²) in [4.78, 5) is 0.231. The van der Waals surface area contributed by atoms with Gasteiger partial charge in [0.1, 0.15) is 0 Å². The van der Waals surface area contributed by atoms with E-state index in [1.807, 2.05) is 13.8 Å². The molecule has 0 aliphatic heterocycles. The van der Waals surface area contributed by atoms with Crippen LogP contribution >= 0.6 is 11.6 Å². The molecule has 1 saturated carbocycles. The summed E-state index contributed by atoms with van der Waals surface area (Å²) < 4.78 is 27.3. The lowest BCUT2D eigenvalue weighted by Gasteiger charge is -2.15. The molecule has 4 nitrogen and oxygen atoms in total. The van der Waals surface area contributed by atoms with Crippen molar-refractivity contribution in [3.63, 3.8) is 0 Å². The summed E-state index contributed by atoms with van der Waals surface area (Å²) in [6.07, 6.45) is 3.96. The SMILES string of the molecule is CCC(CC)NS(=O)(=O)c1ccc(CNC2CC2)c(Cl)c1. The minimum atomic E-state index is -3.50. The molecule has 118 valence electrons. The summed E-state index contributed by atoms with van der Waals surface area (Å²) >= 11 is 6.21. The average molecular weight is 331 g/mol. The Balaban J connectivity index is 2.10. The van der Waals surface area contributed by atoms with E-state index >= 15 is 0 Å². The first-order valence-corrected chi connectivity index (χ1v) is 9.36. The third-order valence-corrected chi connectivity index (χ3v) is 5.67. The van der Waals surface area contributed by atoms with Crippen molar-refractivity contribution in [1.29, 1.82) is 0 Å². The lowest BCUT2D eigenvalue weighted by atomic mass is 10.2. The molecule has 0 saturated heterocycles. The Labute approximate surface area is 132 Å². The maximum absolute atomic E-state index is 12.3. The molecule has 0 bridgehead atoms. The van der Waals surface area contributed by atoms with E-state index in [9.17, 15) is 8.42 Å². The van der Waals surface area contributed by atoms with Gasteiger partial charge < -0.3 is 5.32 Å². The second-order valence-electron chi connectivity index (χ2n) is 5.54. The van der Waals surface area contributed by atoms with Gasteiger partial charge in [0.25, 0.3) is 0 Å². The minimum absolute atomic E-state index is 0.0371. The Morgan fingerprint density at radius 3 is 2.48 bits per heavy atom. The maximum atomic E-state index is 12.3.